The number of carbonyl (C=O) groups is 1. The molecule has 0 aromatic heterocycles. The number of carbonyl (C=O) groups excluding carboxylic acids is 1. The van der Waals surface area contributed by atoms with Crippen LogP contribution >= 0.6 is 0 Å². The highest BCUT2D eigenvalue weighted by Crippen LogP contribution is 2.27. The number of amides is 1. The lowest BCUT2D eigenvalue weighted by Crippen LogP contribution is -2.38. The van der Waals surface area contributed by atoms with Crippen molar-refractivity contribution in [3.63, 3.8) is 0 Å². The minimum atomic E-state index is -0.217. The number of anilines is 1. The lowest BCUT2D eigenvalue weighted by molar-refractivity contribution is 0.0935. The molecule has 2 N–H and O–H groups in total. The SMILES string of the molecule is CCCCCCOc1ccc(C2NC(=O)c3ccccc3N2)cc1. The molecule has 24 heavy (non-hydrogen) atoms. The van der Waals surface area contributed by atoms with Crippen molar-refractivity contribution in [2.45, 2.75) is 38.8 Å². The summed E-state index contributed by atoms with van der Waals surface area (Å²) in [6, 6.07) is 15.5. The van der Waals surface area contributed by atoms with Gasteiger partial charge >= 0.3 is 0 Å². The average Bonchev–Trinajstić information content (AvgIpc) is 2.62. The first kappa shape index (κ1) is 16.4. The quantitative estimate of drug-likeness (QED) is 0.737. The van der Waals surface area contributed by atoms with Crippen LogP contribution in [-0.2, 0) is 0 Å². The van der Waals surface area contributed by atoms with Gasteiger partial charge in [-0.15, -0.1) is 0 Å². The van der Waals surface area contributed by atoms with E-state index in [1.54, 1.807) is 0 Å². The fourth-order valence-electron chi connectivity index (χ4n) is 2.85. The second kappa shape index (κ2) is 7.86. The summed E-state index contributed by atoms with van der Waals surface area (Å²) in [6.07, 6.45) is 4.58. The first-order valence-electron chi connectivity index (χ1n) is 8.67. The van der Waals surface area contributed by atoms with Crippen molar-refractivity contribution in [2.75, 3.05) is 11.9 Å². The predicted molar refractivity (Wildman–Crippen MR) is 96.4 cm³/mol. The Morgan fingerprint density at radius 3 is 2.54 bits per heavy atom. The van der Waals surface area contributed by atoms with Gasteiger partial charge < -0.3 is 15.4 Å². The number of fused-ring (bicyclic) bond motifs is 1. The van der Waals surface area contributed by atoms with Gasteiger partial charge in [0.25, 0.3) is 5.91 Å². The van der Waals surface area contributed by atoms with E-state index < -0.39 is 0 Å². The molecule has 1 atom stereocenters. The number of para-hydroxylation sites is 1. The normalized spacial score (nSPS) is 16.0. The number of benzene rings is 2. The van der Waals surface area contributed by atoms with Gasteiger partial charge in [-0.1, -0.05) is 50.5 Å². The van der Waals surface area contributed by atoms with Crippen LogP contribution < -0.4 is 15.4 Å². The van der Waals surface area contributed by atoms with Crippen LogP contribution in [0.1, 0.15) is 54.7 Å². The summed E-state index contributed by atoms with van der Waals surface area (Å²) in [5.74, 6) is 0.823. The van der Waals surface area contributed by atoms with Gasteiger partial charge in [0.05, 0.1) is 12.2 Å². The van der Waals surface area contributed by atoms with Crippen molar-refractivity contribution in [1.82, 2.24) is 5.32 Å². The molecule has 0 bridgehead atoms. The Kier molecular flexibility index (Phi) is 5.36. The zero-order valence-electron chi connectivity index (χ0n) is 14.0. The van der Waals surface area contributed by atoms with E-state index in [-0.39, 0.29) is 12.1 Å². The molecule has 1 heterocycles. The topological polar surface area (TPSA) is 50.4 Å². The van der Waals surface area contributed by atoms with Gasteiger partial charge in [-0.3, -0.25) is 4.79 Å². The van der Waals surface area contributed by atoms with Crippen molar-refractivity contribution in [3.8, 4) is 5.75 Å². The van der Waals surface area contributed by atoms with Crippen LogP contribution in [0.2, 0.25) is 0 Å². The van der Waals surface area contributed by atoms with Gasteiger partial charge in [0.1, 0.15) is 11.9 Å². The molecule has 1 amide bonds. The van der Waals surface area contributed by atoms with Crippen LogP contribution in [0.25, 0.3) is 0 Å². The fraction of sp³-hybridized carbons (Fsp3) is 0.350. The van der Waals surface area contributed by atoms with Crippen LogP contribution in [0.5, 0.6) is 5.75 Å². The third-order valence-corrected chi connectivity index (χ3v) is 4.23. The highest BCUT2D eigenvalue weighted by molar-refractivity contribution is 6.01. The predicted octanol–water partition coefficient (Wildman–Crippen LogP) is 4.50. The standard InChI is InChI=1S/C20H24N2O2/c1-2-3-4-7-14-24-16-12-10-15(11-13-16)19-21-18-9-6-5-8-17(18)20(23)22-19/h5-6,8-13,19,21H,2-4,7,14H2,1H3,(H,22,23). The first-order valence-corrected chi connectivity index (χ1v) is 8.67. The highest BCUT2D eigenvalue weighted by Gasteiger charge is 2.23. The summed E-state index contributed by atoms with van der Waals surface area (Å²) in [6.45, 7) is 2.96. The lowest BCUT2D eigenvalue weighted by Gasteiger charge is -2.28. The second-order valence-electron chi connectivity index (χ2n) is 6.07. The highest BCUT2D eigenvalue weighted by atomic mass is 16.5. The summed E-state index contributed by atoms with van der Waals surface area (Å²) in [5, 5.41) is 6.34. The Labute approximate surface area is 143 Å². The third kappa shape index (κ3) is 3.88. The van der Waals surface area contributed by atoms with Crippen LogP contribution in [-0.4, -0.2) is 12.5 Å². The zero-order chi connectivity index (χ0) is 16.8. The summed E-state index contributed by atoms with van der Waals surface area (Å²) in [5.41, 5.74) is 2.56. The summed E-state index contributed by atoms with van der Waals surface area (Å²) >= 11 is 0. The fourth-order valence-corrected chi connectivity index (χ4v) is 2.85. The van der Waals surface area contributed by atoms with Crippen molar-refractivity contribution in [1.29, 1.82) is 0 Å². The molecule has 0 fully saturated rings. The number of hydrogen-bond donors (Lipinski definition) is 2. The molecule has 0 radical (unpaired) electrons. The molecule has 4 nitrogen and oxygen atoms in total. The maximum absolute atomic E-state index is 12.2. The van der Waals surface area contributed by atoms with E-state index in [0.29, 0.717) is 5.56 Å². The van der Waals surface area contributed by atoms with Gasteiger partial charge in [0.15, 0.2) is 0 Å². The Bertz CT molecular complexity index is 682. The molecule has 0 saturated carbocycles. The summed E-state index contributed by atoms with van der Waals surface area (Å²) in [4.78, 5) is 12.2. The molecule has 0 spiro atoms. The lowest BCUT2D eigenvalue weighted by atomic mass is 10.1. The van der Waals surface area contributed by atoms with Crippen LogP contribution in [0, 0.1) is 0 Å². The van der Waals surface area contributed by atoms with Crippen molar-refractivity contribution >= 4 is 11.6 Å². The minimum Gasteiger partial charge on any atom is -0.494 e. The molecule has 1 aliphatic rings. The first-order chi connectivity index (χ1) is 11.8. The number of hydrogen-bond acceptors (Lipinski definition) is 3. The molecule has 2 aromatic carbocycles. The third-order valence-electron chi connectivity index (χ3n) is 4.23. The monoisotopic (exact) mass is 324 g/mol. The van der Waals surface area contributed by atoms with Crippen LogP contribution in [0.4, 0.5) is 5.69 Å². The van der Waals surface area contributed by atoms with E-state index in [1.165, 1.54) is 19.3 Å². The molecule has 126 valence electrons. The van der Waals surface area contributed by atoms with E-state index in [4.69, 9.17) is 4.74 Å². The zero-order valence-corrected chi connectivity index (χ0v) is 14.0. The number of rotatable bonds is 7. The van der Waals surface area contributed by atoms with Crippen molar-refractivity contribution in [3.05, 3.63) is 59.7 Å². The molecule has 1 unspecified atom stereocenters. The second-order valence-corrected chi connectivity index (χ2v) is 6.07. The Hall–Kier alpha value is -2.49. The van der Waals surface area contributed by atoms with Crippen LogP contribution in [0.15, 0.2) is 48.5 Å². The van der Waals surface area contributed by atoms with E-state index in [1.807, 2.05) is 48.5 Å². The van der Waals surface area contributed by atoms with E-state index in [0.717, 1.165) is 30.0 Å². The molecule has 3 rings (SSSR count). The van der Waals surface area contributed by atoms with E-state index >= 15 is 0 Å². The number of nitrogens with one attached hydrogen (secondary N) is 2. The van der Waals surface area contributed by atoms with Gasteiger partial charge in [-0.05, 0) is 36.2 Å². The van der Waals surface area contributed by atoms with Gasteiger partial charge in [0.2, 0.25) is 0 Å². The molecule has 4 heteroatoms. The molecular formula is C20H24N2O2. The van der Waals surface area contributed by atoms with Crippen molar-refractivity contribution < 1.29 is 9.53 Å². The van der Waals surface area contributed by atoms with E-state index in [9.17, 15) is 4.79 Å². The maximum atomic E-state index is 12.2. The molecule has 1 aliphatic heterocycles. The Balaban J connectivity index is 1.59. The maximum Gasteiger partial charge on any atom is 0.255 e. The molecule has 0 aliphatic carbocycles. The number of unbranched alkanes of at least 4 members (excludes halogenated alkanes) is 3. The largest absolute Gasteiger partial charge is 0.494 e. The Morgan fingerprint density at radius 2 is 1.75 bits per heavy atom. The average molecular weight is 324 g/mol. The number of ether oxygens (including phenoxy) is 1. The molecule has 2 aromatic rings. The molecule has 0 saturated heterocycles. The van der Waals surface area contributed by atoms with Crippen molar-refractivity contribution in [2.24, 2.45) is 0 Å². The smallest absolute Gasteiger partial charge is 0.255 e. The van der Waals surface area contributed by atoms with Gasteiger partial charge in [-0.2, -0.15) is 0 Å². The van der Waals surface area contributed by atoms with Gasteiger partial charge in [0, 0.05) is 5.69 Å². The van der Waals surface area contributed by atoms with Gasteiger partial charge in [-0.25, -0.2) is 0 Å². The summed E-state index contributed by atoms with van der Waals surface area (Å²) < 4.78 is 5.76. The minimum absolute atomic E-state index is 0.0504. The Morgan fingerprint density at radius 1 is 0.958 bits per heavy atom. The van der Waals surface area contributed by atoms with E-state index in [2.05, 4.69) is 17.6 Å². The summed E-state index contributed by atoms with van der Waals surface area (Å²) in [7, 11) is 0. The van der Waals surface area contributed by atoms with Crippen LogP contribution in [0.3, 0.4) is 0 Å². The molecular weight excluding hydrogens is 300 g/mol.